The summed E-state index contributed by atoms with van der Waals surface area (Å²) < 4.78 is 5.70. The molecule has 1 heterocycles. The summed E-state index contributed by atoms with van der Waals surface area (Å²) in [5.74, 6) is 1.25. The highest BCUT2D eigenvalue weighted by Gasteiger charge is 2.15. The molecular weight excluding hydrogens is 232 g/mol. The summed E-state index contributed by atoms with van der Waals surface area (Å²) >= 11 is 0. The molecule has 98 valence electrons. The zero-order valence-corrected chi connectivity index (χ0v) is 10.5. The van der Waals surface area contributed by atoms with Gasteiger partial charge in [0.2, 0.25) is 0 Å². The molecule has 5 heteroatoms. The molecule has 0 spiro atoms. The number of nitrogens with zero attached hydrogens (tertiary/aromatic N) is 1. The first-order valence-electron chi connectivity index (χ1n) is 6.25. The average molecular weight is 250 g/mol. The molecule has 1 N–H and O–H groups in total. The van der Waals surface area contributed by atoms with Crippen molar-refractivity contribution >= 4 is 5.69 Å². The molecule has 0 saturated carbocycles. The first-order valence-corrected chi connectivity index (χ1v) is 6.25. The van der Waals surface area contributed by atoms with E-state index in [-0.39, 0.29) is 10.6 Å². The summed E-state index contributed by atoms with van der Waals surface area (Å²) in [4.78, 5) is 10.3. The molecule has 0 aliphatic carbocycles. The van der Waals surface area contributed by atoms with Crippen LogP contribution in [0.5, 0.6) is 5.75 Å². The van der Waals surface area contributed by atoms with E-state index in [2.05, 4.69) is 5.32 Å². The number of nitrogens with one attached hydrogen (secondary N) is 1. The van der Waals surface area contributed by atoms with E-state index in [0.29, 0.717) is 23.8 Å². The van der Waals surface area contributed by atoms with Crippen molar-refractivity contribution in [3.8, 4) is 5.75 Å². The monoisotopic (exact) mass is 250 g/mol. The number of ether oxygens (including phenoxy) is 1. The van der Waals surface area contributed by atoms with E-state index in [1.807, 2.05) is 0 Å². The van der Waals surface area contributed by atoms with Crippen LogP contribution in [0, 0.1) is 23.0 Å². The molecule has 1 saturated heterocycles. The number of nitro benzene ring substituents is 1. The third-order valence-electron chi connectivity index (χ3n) is 3.25. The fourth-order valence-electron chi connectivity index (χ4n) is 2.20. The second-order valence-electron chi connectivity index (χ2n) is 4.73. The minimum absolute atomic E-state index is 0.140. The molecule has 1 aromatic rings. The van der Waals surface area contributed by atoms with Crippen LogP contribution in [0.1, 0.15) is 18.4 Å². The Hall–Kier alpha value is -1.62. The fraction of sp³-hybridized carbons (Fsp3) is 0.538. The van der Waals surface area contributed by atoms with Crippen LogP contribution in [-0.2, 0) is 0 Å². The quantitative estimate of drug-likeness (QED) is 0.657. The Kier molecular flexibility index (Phi) is 4.15. The lowest BCUT2D eigenvalue weighted by Gasteiger charge is -2.22. The lowest BCUT2D eigenvalue weighted by Crippen LogP contribution is -2.33. The summed E-state index contributed by atoms with van der Waals surface area (Å²) in [5.41, 5.74) is 0.779. The maximum absolute atomic E-state index is 10.7. The molecule has 0 aromatic heterocycles. The van der Waals surface area contributed by atoms with Crippen LogP contribution in [0.25, 0.3) is 0 Å². The average Bonchev–Trinajstić information content (AvgIpc) is 2.37. The minimum Gasteiger partial charge on any atom is -0.493 e. The van der Waals surface area contributed by atoms with Gasteiger partial charge in [0.05, 0.1) is 11.5 Å². The second kappa shape index (κ2) is 5.82. The van der Waals surface area contributed by atoms with E-state index in [9.17, 15) is 10.1 Å². The predicted molar refractivity (Wildman–Crippen MR) is 68.9 cm³/mol. The van der Waals surface area contributed by atoms with Crippen LogP contribution in [0.15, 0.2) is 18.2 Å². The second-order valence-corrected chi connectivity index (χ2v) is 4.73. The SMILES string of the molecule is Cc1cc(OC[C@H]2CCCNC2)ccc1[N+](=O)[O-]. The van der Waals surface area contributed by atoms with Gasteiger partial charge >= 0.3 is 0 Å². The number of piperidine rings is 1. The van der Waals surface area contributed by atoms with Gasteiger partial charge in [-0.15, -0.1) is 0 Å². The van der Waals surface area contributed by atoms with Crippen molar-refractivity contribution in [3.63, 3.8) is 0 Å². The molecule has 1 atom stereocenters. The number of nitro groups is 1. The smallest absolute Gasteiger partial charge is 0.272 e. The Morgan fingerprint density at radius 3 is 3.00 bits per heavy atom. The highest BCUT2D eigenvalue weighted by Crippen LogP contribution is 2.23. The molecule has 5 nitrogen and oxygen atoms in total. The Morgan fingerprint density at radius 2 is 2.39 bits per heavy atom. The number of benzene rings is 1. The number of hydrogen-bond donors (Lipinski definition) is 1. The summed E-state index contributed by atoms with van der Waals surface area (Å²) in [7, 11) is 0. The molecule has 0 bridgehead atoms. The van der Waals surface area contributed by atoms with E-state index in [0.717, 1.165) is 13.1 Å². The molecule has 18 heavy (non-hydrogen) atoms. The maximum atomic E-state index is 10.7. The lowest BCUT2D eigenvalue weighted by atomic mass is 10.0. The molecule has 1 aliphatic rings. The van der Waals surface area contributed by atoms with Gasteiger partial charge in [0.1, 0.15) is 5.75 Å². The van der Waals surface area contributed by atoms with Crippen molar-refractivity contribution in [3.05, 3.63) is 33.9 Å². The van der Waals surface area contributed by atoms with E-state index < -0.39 is 0 Å². The topological polar surface area (TPSA) is 64.4 Å². The molecule has 0 radical (unpaired) electrons. The normalized spacial score (nSPS) is 19.5. The van der Waals surface area contributed by atoms with Crippen molar-refractivity contribution in [2.75, 3.05) is 19.7 Å². The van der Waals surface area contributed by atoms with Crippen molar-refractivity contribution < 1.29 is 9.66 Å². The van der Waals surface area contributed by atoms with Crippen LogP contribution in [0.3, 0.4) is 0 Å². The Labute approximate surface area is 106 Å². The van der Waals surface area contributed by atoms with Crippen molar-refractivity contribution in [2.45, 2.75) is 19.8 Å². The zero-order valence-electron chi connectivity index (χ0n) is 10.5. The van der Waals surface area contributed by atoms with Gasteiger partial charge in [-0.05, 0) is 38.4 Å². The maximum Gasteiger partial charge on any atom is 0.272 e. The summed E-state index contributed by atoms with van der Waals surface area (Å²) in [6.07, 6.45) is 2.37. The number of hydrogen-bond acceptors (Lipinski definition) is 4. The first-order chi connectivity index (χ1) is 8.66. The molecule has 1 aromatic carbocycles. The summed E-state index contributed by atoms with van der Waals surface area (Å²) in [6.45, 7) is 4.48. The van der Waals surface area contributed by atoms with Crippen LogP contribution in [0.2, 0.25) is 0 Å². The van der Waals surface area contributed by atoms with Crippen LogP contribution in [-0.4, -0.2) is 24.6 Å². The van der Waals surface area contributed by atoms with E-state index in [4.69, 9.17) is 4.74 Å². The van der Waals surface area contributed by atoms with Crippen LogP contribution >= 0.6 is 0 Å². The van der Waals surface area contributed by atoms with Gasteiger partial charge in [-0.25, -0.2) is 0 Å². The Balaban J connectivity index is 1.93. The van der Waals surface area contributed by atoms with E-state index in [1.165, 1.54) is 18.9 Å². The van der Waals surface area contributed by atoms with Crippen molar-refractivity contribution in [1.82, 2.24) is 5.32 Å². The summed E-state index contributed by atoms with van der Waals surface area (Å²) in [6, 6.07) is 4.90. The largest absolute Gasteiger partial charge is 0.493 e. The third-order valence-corrected chi connectivity index (χ3v) is 3.25. The van der Waals surface area contributed by atoms with Gasteiger partial charge in [0.15, 0.2) is 0 Å². The highest BCUT2D eigenvalue weighted by molar-refractivity contribution is 5.44. The number of rotatable bonds is 4. The Morgan fingerprint density at radius 1 is 1.56 bits per heavy atom. The van der Waals surface area contributed by atoms with Gasteiger partial charge in [0.25, 0.3) is 5.69 Å². The Bertz CT molecular complexity index is 428. The molecule has 1 aliphatic heterocycles. The van der Waals surface area contributed by atoms with Crippen molar-refractivity contribution in [1.29, 1.82) is 0 Å². The molecular formula is C13H18N2O3. The zero-order chi connectivity index (χ0) is 13.0. The lowest BCUT2D eigenvalue weighted by molar-refractivity contribution is -0.385. The van der Waals surface area contributed by atoms with E-state index in [1.54, 1.807) is 19.1 Å². The first kappa shape index (κ1) is 12.8. The predicted octanol–water partition coefficient (Wildman–Crippen LogP) is 2.28. The van der Waals surface area contributed by atoms with Gasteiger partial charge < -0.3 is 10.1 Å². The molecule has 2 rings (SSSR count). The standard InChI is InChI=1S/C13H18N2O3/c1-10-7-12(4-5-13(10)15(16)17)18-9-11-3-2-6-14-8-11/h4-5,7,11,14H,2-3,6,8-9H2,1H3/t11-/m0/s1. The van der Waals surface area contributed by atoms with Gasteiger partial charge in [0, 0.05) is 24.1 Å². The fourth-order valence-corrected chi connectivity index (χ4v) is 2.20. The van der Waals surface area contributed by atoms with Crippen LogP contribution in [0.4, 0.5) is 5.69 Å². The van der Waals surface area contributed by atoms with E-state index >= 15 is 0 Å². The highest BCUT2D eigenvalue weighted by atomic mass is 16.6. The summed E-state index contributed by atoms with van der Waals surface area (Å²) in [5, 5.41) is 14.0. The van der Waals surface area contributed by atoms with Crippen molar-refractivity contribution in [2.24, 2.45) is 5.92 Å². The van der Waals surface area contributed by atoms with Gasteiger partial charge in [-0.1, -0.05) is 0 Å². The van der Waals surface area contributed by atoms with Gasteiger partial charge in [-0.2, -0.15) is 0 Å². The third kappa shape index (κ3) is 3.20. The minimum atomic E-state index is -0.371. The molecule has 0 unspecified atom stereocenters. The molecule has 0 amide bonds. The van der Waals surface area contributed by atoms with Gasteiger partial charge in [-0.3, -0.25) is 10.1 Å². The number of aryl methyl sites for hydroxylation is 1. The molecule has 1 fully saturated rings. The van der Waals surface area contributed by atoms with Crippen LogP contribution < -0.4 is 10.1 Å².